The molecule has 1 saturated heterocycles. The SMILES string of the molecule is C[C@@H]1NC(=O)[C@H]([C@@H](C)O)NC(=O)[C@@H]2C[C@H](NC(=O)Cc3cccnc3)CN2C(=O)[C@H](Cc2ccccc2)NC(=O)COc2ccc(cc2)CCNC1=O. The van der Waals surface area contributed by atoms with E-state index in [2.05, 4.69) is 31.6 Å². The fourth-order valence-electron chi connectivity index (χ4n) is 6.29. The van der Waals surface area contributed by atoms with E-state index in [0.717, 1.165) is 11.1 Å². The monoisotopic (exact) mass is 727 g/mol. The van der Waals surface area contributed by atoms with Crippen molar-refractivity contribution in [1.82, 2.24) is 36.5 Å². The molecule has 280 valence electrons. The van der Waals surface area contributed by atoms with Gasteiger partial charge in [0.25, 0.3) is 5.91 Å². The van der Waals surface area contributed by atoms with Crippen LogP contribution >= 0.6 is 0 Å². The summed E-state index contributed by atoms with van der Waals surface area (Å²) >= 11 is 0. The molecule has 0 radical (unpaired) electrons. The van der Waals surface area contributed by atoms with Gasteiger partial charge in [-0.3, -0.25) is 33.8 Å². The molecule has 6 amide bonds. The molecule has 15 nitrogen and oxygen atoms in total. The van der Waals surface area contributed by atoms with Crippen LogP contribution in [0.25, 0.3) is 0 Å². The second-order valence-electron chi connectivity index (χ2n) is 13.3. The maximum atomic E-state index is 14.4. The largest absolute Gasteiger partial charge is 0.484 e. The number of nitrogens with zero attached hydrogens (tertiary/aromatic N) is 2. The van der Waals surface area contributed by atoms with Crippen LogP contribution in [0.1, 0.15) is 37.0 Å². The van der Waals surface area contributed by atoms with E-state index < -0.39 is 72.5 Å². The lowest BCUT2D eigenvalue weighted by Gasteiger charge is -2.30. The van der Waals surface area contributed by atoms with E-state index in [4.69, 9.17) is 4.74 Å². The Morgan fingerprint density at radius 3 is 2.38 bits per heavy atom. The summed E-state index contributed by atoms with van der Waals surface area (Å²) in [6.07, 6.45) is 2.33. The zero-order valence-corrected chi connectivity index (χ0v) is 29.6. The molecular formula is C38H45N7O8. The van der Waals surface area contributed by atoms with E-state index >= 15 is 0 Å². The Labute approximate surface area is 307 Å². The summed E-state index contributed by atoms with van der Waals surface area (Å²) in [5, 5.41) is 24.1. The molecule has 2 aromatic carbocycles. The van der Waals surface area contributed by atoms with Gasteiger partial charge in [-0.1, -0.05) is 48.5 Å². The molecule has 3 aliphatic rings. The number of aliphatic hydroxyl groups is 1. The number of aliphatic hydroxyl groups excluding tert-OH is 1. The van der Waals surface area contributed by atoms with Crippen molar-refractivity contribution in [1.29, 1.82) is 0 Å². The normalized spacial score (nSPS) is 23.9. The standard InChI is InChI=1S/C38H45N7O8/c1-23-35(49)40-16-14-25-10-12-29(13-11-25)53-22-33(48)43-30(17-26-7-4-3-5-8-26)38(52)45-21-28(42-32(47)18-27-9-6-15-39-20-27)19-31(45)36(50)44-34(24(2)46)37(51)41-23/h3-13,15,20,23-24,28,30-31,34,46H,14,16-19,21-22H2,1-2H3,(H,40,49)(H,41,51)(H,42,47)(H,43,48)(H,44,50)/t23-,24+,28-,30-,31-,34-/m0/s1. The molecule has 0 spiro atoms. The van der Waals surface area contributed by atoms with E-state index in [1.54, 1.807) is 60.9 Å². The molecule has 1 fully saturated rings. The number of carbonyl (C=O) groups excluding carboxylic acids is 6. The highest BCUT2D eigenvalue weighted by molar-refractivity contribution is 5.96. The first-order valence-electron chi connectivity index (χ1n) is 17.6. The van der Waals surface area contributed by atoms with Crippen LogP contribution in [-0.2, 0) is 48.0 Å². The van der Waals surface area contributed by atoms with E-state index in [1.165, 1.54) is 18.7 Å². The van der Waals surface area contributed by atoms with Crippen molar-refractivity contribution in [2.45, 2.75) is 75.8 Å². The smallest absolute Gasteiger partial charge is 0.258 e. The van der Waals surface area contributed by atoms with Gasteiger partial charge in [-0.05, 0) is 61.6 Å². The molecule has 3 aromatic rings. The van der Waals surface area contributed by atoms with Crippen LogP contribution in [-0.4, -0.2) is 106 Å². The van der Waals surface area contributed by atoms with Crippen LogP contribution < -0.4 is 31.3 Å². The molecular weight excluding hydrogens is 682 g/mol. The zero-order chi connectivity index (χ0) is 37.9. The minimum atomic E-state index is -1.48. The number of pyridine rings is 1. The van der Waals surface area contributed by atoms with Crippen LogP contribution in [0.3, 0.4) is 0 Å². The van der Waals surface area contributed by atoms with Crippen LogP contribution in [0.15, 0.2) is 79.1 Å². The van der Waals surface area contributed by atoms with Crippen LogP contribution in [0.5, 0.6) is 5.75 Å². The minimum absolute atomic E-state index is 0.0145. The summed E-state index contributed by atoms with van der Waals surface area (Å²) < 4.78 is 5.72. The lowest BCUT2D eigenvalue weighted by molar-refractivity contribution is -0.143. The summed E-state index contributed by atoms with van der Waals surface area (Å²) in [5.41, 5.74) is 2.30. The molecule has 15 heteroatoms. The average Bonchev–Trinajstić information content (AvgIpc) is 3.56. The maximum absolute atomic E-state index is 14.4. The predicted molar refractivity (Wildman–Crippen MR) is 192 cm³/mol. The van der Waals surface area contributed by atoms with Gasteiger partial charge in [-0.25, -0.2) is 0 Å². The second-order valence-corrected chi connectivity index (χ2v) is 13.3. The number of nitrogens with one attached hydrogen (secondary N) is 5. The lowest BCUT2D eigenvalue weighted by Crippen LogP contribution is -2.60. The lowest BCUT2D eigenvalue weighted by atomic mass is 10.0. The highest BCUT2D eigenvalue weighted by Gasteiger charge is 2.44. The second kappa shape index (κ2) is 18.1. The summed E-state index contributed by atoms with van der Waals surface area (Å²) in [7, 11) is 0. The number of hydrogen-bond acceptors (Lipinski definition) is 9. The predicted octanol–water partition coefficient (Wildman–Crippen LogP) is -0.441. The summed E-state index contributed by atoms with van der Waals surface area (Å²) in [6.45, 7) is 2.59. The van der Waals surface area contributed by atoms with Gasteiger partial charge in [0.2, 0.25) is 29.5 Å². The highest BCUT2D eigenvalue weighted by Crippen LogP contribution is 2.22. The zero-order valence-electron chi connectivity index (χ0n) is 29.6. The summed E-state index contributed by atoms with van der Waals surface area (Å²) in [4.78, 5) is 86.2. The Morgan fingerprint density at radius 2 is 1.68 bits per heavy atom. The fraction of sp³-hybridized carbons (Fsp3) is 0.395. The Morgan fingerprint density at radius 1 is 0.943 bits per heavy atom. The highest BCUT2D eigenvalue weighted by atomic mass is 16.5. The molecule has 0 saturated carbocycles. The van der Waals surface area contributed by atoms with Crippen molar-refractivity contribution in [3.05, 3.63) is 95.8 Å². The van der Waals surface area contributed by atoms with Gasteiger partial charge in [0.15, 0.2) is 6.61 Å². The third-order valence-corrected chi connectivity index (χ3v) is 9.08. The van der Waals surface area contributed by atoms with Crippen molar-refractivity contribution in [3.8, 4) is 5.75 Å². The molecule has 3 aliphatic heterocycles. The number of hydrogen-bond donors (Lipinski definition) is 6. The van der Waals surface area contributed by atoms with Gasteiger partial charge >= 0.3 is 0 Å². The number of amides is 6. The molecule has 0 aliphatic carbocycles. The van der Waals surface area contributed by atoms with E-state index in [9.17, 15) is 33.9 Å². The van der Waals surface area contributed by atoms with Gasteiger partial charge in [-0.2, -0.15) is 0 Å². The van der Waals surface area contributed by atoms with Gasteiger partial charge in [0, 0.05) is 37.9 Å². The van der Waals surface area contributed by atoms with Crippen LogP contribution in [0.4, 0.5) is 0 Å². The topological polar surface area (TPSA) is 208 Å². The van der Waals surface area contributed by atoms with E-state index in [0.29, 0.717) is 17.7 Å². The Bertz CT molecular complexity index is 1760. The van der Waals surface area contributed by atoms with Crippen molar-refractivity contribution < 1.29 is 38.6 Å². The summed E-state index contributed by atoms with van der Waals surface area (Å²) in [5.74, 6) is -3.14. The quantitative estimate of drug-likeness (QED) is 0.182. The molecule has 2 bridgehead atoms. The molecule has 4 heterocycles. The minimum Gasteiger partial charge on any atom is -0.484 e. The van der Waals surface area contributed by atoms with Crippen molar-refractivity contribution in [3.63, 3.8) is 0 Å². The number of rotatable bonds is 6. The van der Waals surface area contributed by atoms with Crippen LogP contribution in [0, 0.1) is 0 Å². The van der Waals surface area contributed by atoms with E-state index in [1.807, 2.05) is 18.2 Å². The van der Waals surface area contributed by atoms with Crippen molar-refractivity contribution in [2.24, 2.45) is 0 Å². The Hall–Kier alpha value is -5.83. The number of aromatic nitrogens is 1. The van der Waals surface area contributed by atoms with Gasteiger partial charge in [0.1, 0.15) is 29.9 Å². The first-order chi connectivity index (χ1) is 25.5. The summed E-state index contributed by atoms with van der Waals surface area (Å²) in [6, 6.07) is 14.0. The maximum Gasteiger partial charge on any atom is 0.258 e. The van der Waals surface area contributed by atoms with E-state index in [-0.39, 0.29) is 38.3 Å². The number of benzene rings is 2. The molecule has 53 heavy (non-hydrogen) atoms. The third-order valence-electron chi connectivity index (χ3n) is 9.08. The van der Waals surface area contributed by atoms with Crippen LogP contribution in [0.2, 0.25) is 0 Å². The van der Waals surface area contributed by atoms with Gasteiger partial charge in [0.05, 0.1) is 12.5 Å². The molecule has 6 N–H and O–H groups in total. The average molecular weight is 728 g/mol. The van der Waals surface area contributed by atoms with Gasteiger partial charge < -0.3 is 41.3 Å². The van der Waals surface area contributed by atoms with Gasteiger partial charge in [-0.15, -0.1) is 0 Å². The fourth-order valence-corrected chi connectivity index (χ4v) is 6.29. The first-order valence-corrected chi connectivity index (χ1v) is 17.6. The third kappa shape index (κ3) is 10.8. The molecule has 1 aromatic heterocycles. The Kier molecular flexibility index (Phi) is 13.1. The van der Waals surface area contributed by atoms with Crippen molar-refractivity contribution in [2.75, 3.05) is 19.7 Å². The van der Waals surface area contributed by atoms with Crippen molar-refractivity contribution >= 4 is 35.4 Å². The Balaban J connectivity index is 1.44. The number of carbonyl (C=O) groups is 6. The first kappa shape index (κ1) is 38.4. The number of ether oxygens (including phenoxy) is 1. The molecule has 0 unspecified atom stereocenters. The molecule has 6 rings (SSSR count). The number of fused-ring (bicyclic) bond motifs is 16. The molecule has 6 atom stereocenters.